The lowest BCUT2D eigenvalue weighted by molar-refractivity contribution is -0.148. The van der Waals surface area contributed by atoms with E-state index in [0.717, 1.165) is 4.90 Å². The van der Waals surface area contributed by atoms with Crippen molar-refractivity contribution in [3.63, 3.8) is 0 Å². The van der Waals surface area contributed by atoms with Gasteiger partial charge in [0, 0.05) is 50.9 Å². The highest BCUT2D eigenvalue weighted by Gasteiger charge is 2.46. The number of halogens is 6. The van der Waals surface area contributed by atoms with Crippen molar-refractivity contribution >= 4 is 23.5 Å². The number of nitrogens with two attached hydrogens (primary N) is 1. The molecule has 1 saturated heterocycles. The summed E-state index contributed by atoms with van der Waals surface area (Å²) in [5.41, 5.74) is 4.15. The Hall–Kier alpha value is -3.71. The van der Waals surface area contributed by atoms with Gasteiger partial charge in [0.1, 0.15) is 22.9 Å². The molecule has 3 rings (SSSR count). The third-order valence-electron chi connectivity index (χ3n) is 5.58. The SMILES string of the molecule is CN=CC(=C(N)C(=O)N1CC(F)(F)CC(C)C1CNc1cc(F)c(C(F)(F)F)cn1)c1ncccn1. The molecule has 194 valence electrons. The van der Waals surface area contributed by atoms with Crippen LogP contribution in [0.3, 0.4) is 0 Å². The summed E-state index contributed by atoms with van der Waals surface area (Å²) in [6, 6.07) is 1.21. The van der Waals surface area contributed by atoms with Gasteiger partial charge in [0.2, 0.25) is 0 Å². The van der Waals surface area contributed by atoms with Crippen LogP contribution in [0.25, 0.3) is 5.57 Å². The van der Waals surface area contributed by atoms with E-state index in [-0.39, 0.29) is 23.8 Å². The number of allylic oxidation sites excluding steroid dienone is 1. The molecule has 8 nitrogen and oxygen atoms in total. The van der Waals surface area contributed by atoms with E-state index < -0.39 is 60.0 Å². The molecule has 2 atom stereocenters. The summed E-state index contributed by atoms with van der Waals surface area (Å²) < 4.78 is 81.2. The fraction of sp³-hybridized carbons (Fsp3) is 0.409. The van der Waals surface area contributed by atoms with Gasteiger partial charge in [0.15, 0.2) is 5.82 Å². The highest BCUT2D eigenvalue weighted by Crippen LogP contribution is 2.36. The molecule has 1 aliphatic heterocycles. The van der Waals surface area contributed by atoms with E-state index in [2.05, 4.69) is 25.3 Å². The molecule has 1 aliphatic rings. The van der Waals surface area contributed by atoms with E-state index in [1.54, 1.807) is 0 Å². The van der Waals surface area contributed by atoms with Crippen LogP contribution in [-0.2, 0) is 11.0 Å². The first kappa shape index (κ1) is 26.9. The lowest BCUT2D eigenvalue weighted by Crippen LogP contribution is -2.58. The van der Waals surface area contributed by atoms with Crippen molar-refractivity contribution in [3.05, 3.63) is 53.6 Å². The second-order valence-corrected chi connectivity index (χ2v) is 8.25. The number of piperidine rings is 1. The summed E-state index contributed by atoms with van der Waals surface area (Å²) >= 11 is 0. The molecule has 0 spiro atoms. The number of hydrogen-bond acceptors (Lipinski definition) is 7. The molecule has 0 bridgehead atoms. The van der Waals surface area contributed by atoms with Crippen LogP contribution in [-0.4, -0.2) is 64.1 Å². The van der Waals surface area contributed by atoms with Crippen LogP contribution in [0.15, 0.2) is 41.4 Å². The zero-order chi connectivity index (χ0) is 26.7. The van der Waals surface area contributed by atoms with Crippen LogP contribution in [0, 0.1) is 11.7 Å². The molecule has 1 amide bonds. The van der Waals surface area contributed by atoms with Crippen LogP contribution >= 0.6 is 0 Å². The predicted octanol–water partition coefficient (Wildman–Crippen LogP) is 3.38. The zero-order valence-corrected chi connectivity index (χ0v) is 19.2. The van der Waals surface area contributed by atoms with Crippen LogP contribution in [0.4, 0.5) is 32.2 Å². The minimum absolute atomic E-state index is 0.0304. The molecule has 3 N–H and O–H groups in total. The summed E-state index contributed by atoms with van der Waals surface area (Å²) in [4.78, 5) is 29.6. The van der Waals surface area contributed by atoms with Gasteiger partial charge in [0.05, 0.1) is 18.2 Å². The maximum atomic E-state index is 14.5. The average Bonchev–Trinajstić information content (AvgIpc) is 2.80. The Morgan fingerprint density at radius 2 is 1.97 bits per heavy atom. The Bertz CT molecular complexity index is 1150. The Kier molecular flexibility index (Phi) is 7.84. The number of alkyl halides is 5. The van der Waals surface area contributed by atoms with Crippen molar-refractivity contribution in [2.45, 2.75) is 31.5 Å². The standard InChI is InChI=1S/C22H23F6N7O/c1-12-7-21(24,25)11-35(20(36)18(29)13(8-30-2)19-31-4-3-5-32-19)16(12)10-34-17-6-15(23)14(9-33-17)22(26,27)28/h3-6,8-9,12,16H,7,10-11,29H2,1-2H3,(H,33,34). The lowest BCUT2D eigenvalue weighted by atomic mass is 9.88. The number of hydrogen-bond donors (Lipinski definition) is 2. The van der Waals surface area contributed by atoms with E-state index in [0.29, 0.717) is 12.3 Å². The monoisotopic (exact) mass is 515 g/mol. The summed E-state index contributed by atoms with van der Waals surface area (Å²) in [6.07, 6.45) is -1.10. The van der Waals surface area contributed by atoms with Gasteiger partial charge >= 0.3 is 6.18 Å². The summed E-state index contributed by atoms with van der Waals surface area (Å²) in [5, 5.41) is 2.64. The largest absolute Gasteiger partial charge is 0.420 e. The third kappa shape index (κ3) is 6.10. The first-order valence-electron chi connectivity index (χ1n) is 10.7. The Balaban J connectivity index is 1.91. The van der Waals surface area contributed by atoms with Crippen molar-refractivity contribution in [2.24, 2.45) is 16.6 Å². The third-order valence-corrected chi connectivity index (χ3v) is 5.58. The van der Waals surface area contributed by atoms with Crippen molar-refractivity contribution in [3.8, 4) is 0 Å². The topological polar surface area (TPSA) is 109 Å². The first-order chi connectivity index (χ1) is 16.8. The molecular weight excluding hydrogens is 492 g/mol. The van der Waals surface area contributed by atoms with E-state index in [4.69, 9.17) is 5.73 Å². The molecular formula is C22H23F6N7O. The number of nitrogens with zero attached hydrogens (tertiary/aromatic N) is 5. The molecule has 1 fully saturated rings. The van der Waals surface area contributed by atoms with Gasteiger partial charge in [-0.1, -0.05) is 6.92 Å². The minimum Gasteiger partial charge on any atom is -0.394 e. The average molecular weight is 515 g/mol. The van der Waals surface area contributed by atoms with Crippen LogP contribution in [0.2, 0.25) is 0 Å². The maximum Gasteiger partial charge on any atom is 0.420 e. The molecule has 2 unspecified atom stereocenters. The van der Waals surface area contributed by atoms with Crippen LogP contribution < -0.4 is 11.1 Å². The molecule has 2 aromatic heterocycles. The Morgan fingerprint density at radius 3 is 2.56 bits per heavy atom. The van der Waals surface area contributed by atoms with Gasteiger partial charge in [-0.25, -0.2) is 28.1 Å². The van der Waals surface area contributed by atoms with Gasteiger partial charge < -0.3 is 16.0 Å². The van der Waals surface area contributed by atoms with Crippen molar-refractivity contribution in [2.75, 3.05) is 25.5 Å². The van der Waals surface area contributed by atoms with E-state index in [9.17, 15) is 31.1 Å². The number of anilines is 1. The number of rotatable bonds is 6. The smallest absolute Gasteiger partial charge is 0.394 e. The molecule has 3 heterocycles. The normalized spacial score (nSPS) is 20.8. The summed E-state index contributed by atoms with van der Waals surface area (Å²) in [7, 11) is 1.42. The Morgan fingerprint density at radius 1 is 1.31 bits per heavy atom. The molecule has 2 aromatic rings. The maximum absolute atomic E-state index is 14.5. The fourth-order valence-electron chi connectivity index (χ4n) is 3.91. The molecule has 14 heteroatoms. The molecule has 0 radical (unpaired) electrons. The fourth-order valence-corrected chi connectivity index (χ4v) is 3.91. The molecule has 0 saturated carbocycles. The minimum atomic E-state index is -4.92. The molecule has 36 heavy (non-hydrogen) atoms. The number of nitrogens with one attached hydrogen (secondary N) is 1. The van der Waals surface area contributed by atoms with E-state index >= 15 is 0 Å². The second kappa shape index (κ2) is 10.5. The number of likely N-dealkylation sites (tertiary alicyclic amines) is 1. The zero-order valence-electron chi connectivity index (χ0n) is 19.2. The number of carbonyl (C=O) groups is 1. The number of amides is 1. The van der Waals surface area contributed by atoms with Gasteiger partial charge in [-0.2, -0.15) is 13.2 Å². The predicted molar refractivity (Wildman–Crippen MR) is 119 cm³/mol. The van der Waals surface area contributed by atoms with Gasteiger partial charge in [-0.15, -0.1) is 0 Å². The highest BCUT2D eigenvalue weighted by atomic mass is 19.4. The lowest BCUT2D eigenvalue weighted by Gasteiger charge is -2.43. The quantitative estimate of drug-likeness (QED) is 0.347. The second-order valence-electron chi connectivity index (χ2n) is 8.25. The van der Waals surface area contributed by atoms with Gasteiger partial charge in [-0.3, -0.25) is 9.79 Å². The molecule has 0 aromatic carbocycles. The summed E-state index contributed by atoms with van der Waals surface area (Å²) in [5.74, 6) is -6.64. The van der Waals surface area contributed by atoms with Gasteiger partial charge in [0.25, 0.3) is 11.8 Å². The first-order valence-corrected chi connectivity index (χ1v) is 10.7. The summed E-state index contributed by atoms with van der Waals surface area (Å²) in [6.45, 7) is 0.340. The number of pyridine rings is 1. The van der Waals surface area contributed by atoms with Crippen molar-refractivity contribution in [1.82, 2.24) is 19.9 Å². The number of aromatic nitrogens is 3. The Labute approximate surface area is 202 Å². The van der Waals surface area contributed by atoms with Crippen LogP contribution in [0.5, 0.6) is 0 Å². The highest BCUT2D eigenvalue weighted by molar-refractivity contribution is 6.17. The van der Waals surface area contributed by atoms with E-state index in [1.165, 1.54) is 38.6 Å². The van der Waals surface area contributed by atoms with Gasteiger partial charge in [-0.05, 0) is 12.0 Å². The van der Waals surface area contributed by atoms with Crippen molar-refractivity contribution in [1.29, 1.82) is 0 Å². The van der Waals surface area contributed by atoms with Crippen LogP contribution in [0.1, 0.15) is 24.7 Å². The van der Waals surface area contributed by atoms with Crippen molar-refractivity contribution < 1.29 is 31.1 Å². The number of aliphatic imine (C=N–C) groups is 1. The van der Waals surface area contributed by atoms with E-state index in [1.807, 2.05) is 0 Å². The molecule has 0 aliphatic carbocycles. The number of carbonyl (C=O) groups excluding carboxylic acids is 1.